The summed E-state index contributed by atoms with van der Waals surface area (Å²) in [7, 11) is 0. The lowest BCUT2D eigenvalue weighted by molar-refractivity contribution is 0.107. The van der Waals surface area contributed by atoms with Crippen LogP contribution >= 0.6 is 11.6 Å². The molecule has 10 heteroatoms. The number of halogens is 4. The lowest BCUT2D eigenvalue weighted by Crippen LogP contribution is -2.51. The van der Waals surface area contributed by atoms with Crippen LogP contribution in [0.3, 0.4) is 0 Å². The Morgan fingerprint density at radius 2 is 1.81 bits per heavy atom. The van der Waals surface area contributed by atoms with Gasteiger partial charge in [0.15, 0.2) is 5.82 Å². The van der Waals surface area contributed by atoms with E-state index in [1.165, 1.54) is 6.07 Å². The normalized spacial score (nSPS) is 28.9. The molecule has 0 radical (unpaired) electrons. The SMILES string of the molecule is Fc1ccc(-c2c(Cl)cc3c(N4CC5CCC(C4)N5)nc(OC[C@@]45CCCN4C[C@H](F)C5)nc3c2F)c2c1CCCC2. The number of ether oxygens (including phenoxy) is 1. The van der Waals surface area contributed by atoms with E-state index in [1.54, 1.807) is 12.1 Å². The first-order valence-corrected chi connectivity index (χ1v) is 15.8. The molecule has 2 unspecified atom stereocenters. The molecule has 4 aliphatic heterocycles. The van der Waals surface area contributed by atoms with Crippen molar-refractivity contribution in [2.24, 2.45) is 0 Å². The summed E-state index contributed by atoms with van der Waals surface area (Å²) in [6.07, 6.45) is 6.74. The molecule has 5 heterocycles. The van der Waals surface area contributed by atoms with E-state index in [9.17, 15) is 8.78 Å². The fourth-order valence-electron chi connectivity index (χ4n) is 8.39. The predicted octanol–water partition coefficient (Wildman–Crippen LogP) is 6.00. The van der Waals surface area contributed by atoms with Gasteiger partial charge in [0.25, 0.3) is 0 Å². The minimum atomic E-state index is -0.873. The highest BCUT2D eigenvalue weighted by Crippen LogP contribution is 2.44. The molecule has 3 aromatic rings. The minimum absolute atomic E-state index is 0.0974. The molecule has 0 spiro atoms. The van der Waals surface area contributed by atoms with Gasteiger partial charge in [-0.1, -0.05) is 17.7 Å². The van der Waals surface area contributed by atoms with Gasteiger partial charge in [-0.25, -0.2) is 13.2 Å². The van der Waals surface area contributed by atoms with Crippen LogP contribution in [0.15, 0.2) is 18.2 Å². The smallest absolute Gasteiger partial charge is 0.319 e. The highest BCUT2D eigenvalue weighted by atomic mass is 35.5. The molecule has 8 rings (SSSR count). The zero-order valence-electron chi connectivity index (χ0n) is 23.6. The Morgan fingerprint density at radius 1 is 1.02 bits per heavy atom. The number of nitrogens with one attached hydrogen (secondary N) is 1. The van der Waals surface area contributed by atoms with Crippen molar-refractivity contribution in [2.75, 3.05) is 37.7 Å². The van der Waals surface area contributed by atoms with Gasteiger partial charge >= 0.3 is 6.01 Å². The van der Waals surface area contributed by atoms with Gasteiger partial charge in [-0.3, -0.25) is 4.90 Å². The van der Waals surface area contributed by atoms with E-state index >= 15 is 4.39 Å². The highest BCUT2D eigenvalue weighted by Gasteiger charge is 2.49. The summed E-state index contributed by atoms with van der Waals surface area (Å²) in [6.45, 7) is 3.04. The van der Waals surface area contributed by atoms with E-state index in [0.717, 1.165) is 63.7 Å². The van der Waals surface area contributed by atoms with Gasteiger partial charge in [-0.15, -0.1) is 0 Å². The van der Waals surface area contributed by atoms with Crippen molar-refractivity contribution < 1.29 is 17.9 Å². The van der Waals surface area contributed by atoms with Gasteiger partial charge in [-0.2, -0.15) is 9.97 Å². The molecule has 42 heavy (non-hydrogen) atoms. The summed E-state index contributed by atoms with van der Waals surface area (Å²) in [5, 5.41) is 4.44. The summed E-state index contributed by atoms with van der Waals surface area (Å²) < 4.78 is 52.2. The number of alkyl halides is 1. The van der Waals surface area contributed by atoms with Crippen LogP contribution in [-0.2, 0) is 12.8 Å². The Bertz CT molecular complexity index is 1560. The summed E-state index contributed by atoms with van der Waals surface area (Å²) >= 11 is 6.87. The molecule has 5 aliphatic rings. The topological polar surface area (TPSA) is 53.5 Å². The van der Waals surface area contributed by atoms with E-state index in [2.05, 4.69) is 20.1 Å². The van der Waals surface area contributed by atoms with Crippen molar-refractivity contribution in [2.45, 2.75) is 81.6 Å². The number of anilines is 1. The van der Waals surface area contributed by atoms with E-state index < -0.39 is 12.0 Å². The largest absolute Gasteiger partial charge is 0.461 e. The molecule has 2 aromatic carbocycles. The maximum Gasteiger partial charge on any atom is 0.319 e. The quantitative estimate of drug-likeness (QED) is 0.389. The van der Waals surface area contributed by atoms with Crippen molar-refractivity contribution in [3.8, 4) is 17.1 Å². The molecule has 0 amide bonds. The fraction of sp³-hybridized carbons (Fsp3) is 0.562. The number of piperazine rings is 1. The highest BCUT2D eigenvalue weighted by molar-refractivity contribution is 6.34. The van der Waals surface area contributed by atoms with Crippen molar-refractivity contribution in [1.82, 2.24) is 20.2 Å². The van der Waals surface area contributed by atoms with Crippen LogP contribution in [0.2, 0.25) is 5.02 Å². The molecular formula is C32H35ClF3N5O. The Balaban J connectivity index is 1.25. The average molecular weight is 598 g/mol. The number of rotatable bonds is 5. The molecule has 1 aliphatic carbocycles. The van der Waals surface area contributed by atoms with Crippen LogP contribution in [0.5, 0.6) is 6.01 Å². The first kappa shape index (κ1) is 27.0. The first-order chi connectivity index (χ1) is 20.4. The number of aromatic nitrogens is 2. The van der Waals surface area contributed by atoms with Crippen LogP contribution in [0, 0.1) is 11.6 Å². The van der Waals surface area contributed by atoms with Crippen molar-refractivity contribution in [3.63, 3.8) is 0 Å². The molecule has 4 atom stereocenters. The Hall–Kier alpha value is -2.62. The third-order valence-corrected chi connectivity index (χ3v) is 10.6. The summed E-state index contributed by atoms with van der Waals surface area (Å²) in [5.74, 6) is -0.187. The maximum absolute atomic E-state index is 16.8. The molecule has 1 aromatic heterocycles. The van der Waals surface area contributed by atoms with E-state index in [-0.39, 0.29) is 40.1 Å². The maximum atomic E-state index is 16.8. The van der Waals surface area contributed by atoms with Crippen LogP contribution in [0.25, 0.3) is 22.0 Å². The van der Waals surface area contributed by atoms with Crippen LogP contribution < -0.4 is 15.0 Å². The minimum Gasteiger partial charge on any atom is -0.461 e. The molecule has 1 N–H and O–H groups in total. The van der Waals surface area contributed by atoms with Crippen LogP contribution in [0.4, 0.5) is 19.0 Å². The zero-order valence-corrected chi connectivity index (χ0v) is 24.3. The molecular weight excluding hydrogens is 563 g/mol. The fourth-order valence-corrected chi connectivity index (χ4v) is 8.68. The van der Waals surface area contributed by atoms with E-state index in [1.807, 2.05) is 0 Å². The monoisotopic (exact) mass is 597 g/mol. The Morgan fingerprint density at radius 3 is 2.62 bits per heavy atom. The van der Waals surface area contributed by atoms with Crippen LogP contribution in [-0.4, -0.2) is 71.4 Å². The predicted molar refractivity (Wildman–Crippen MR) is 157 cm³/mol. The lowest BCUT2D eigenvalue weighted by atomic mass is 9.85. The first-order valence-electron chi connectivity index (χ1n) is 15.4. The van der Waals surface area contributed by atoms with Gasteiger partial charge in [0, 0.05) is 49.1 Å². The third kappa shape index (κ3) is 4.37. The Kier molecular flexibility index (Phi) is 6.57. The standard InChI is InChI=1S/C32H35ClF3N5O/c33-25-12-24-29(28(36)27(25)23-8-9-26(35)22-5-2-1-4-21(22)23)38-31(39-30(24)40-15-19-6-7-20(16-40)37-19)42-17-32-10-3-11-41(32)14-18(34)13-32/h8-9,12,18-20,37H,1-7,10-11,13-17H2/t18-,19?,20?,32+/m1/s1. The Labute approximate surface area is 248 Å². The van der Waals surface area contributed by atoms with Crippen molar-refractivity contribution in [3.05, 3.63) is 46.0 Å². The van der Waals surface area contributed by atoms with Gasteiger partial charge in [0.1, 0.15) is 29.9 Å². The second kappa shape index (κ2) is 10.2. The second-order valence-electron chi connectivity index (χ2n) is 12.9. The van der Waals surface area contributed by atoms with Crippen LogP contribution in [0.1, 0.15) is 56.1 Å². The van der Waals surface area contributed by atoms with Crippen molar-refractivity contribution >= 4 is 28.3 Å². The number of fused-ring (bicyclic) bond motifs is 5. The molecule has 4 saturated heterocycles. The molecule has 4 fully saturated rings. The summed E-state index contributed by atoms with van der Waals surface area (Å²) in [6, 6.07) is 5.61. The van der Waals surface area contributed by atoms with Gasteiger partial charge < -0.3 is 15.0 Å². The van der Waals surface area contributed by atoms with E-state index in [0.29, 0.717) is 60.2 Å². The second-order valence-corrected chi connectivity index (χ2v) is 13.3. The lowest BCUT2D eigenvalue weighted by Gasteiger charge is -2.35. The van der Waals surface area contributed by atoms with Gasteiger partial charge in [-0.05, 0) is 86.7 Å². The number of hydrogen-bond acceptors (Lipinski definition) is 6. The third-order valence-electron chi connectivity index (χ3n) is 10.3. The molecule has 222 valence electrons. The summed E-state index contributed by atoms with van der Waals surface area (Å²) in [5.41, 5.74) is 2.12. The number of hydrogen-bond donors (Lipinski definition) is 1. The van der Waals surface area contributed by atoms with Crippen molar-refractivity contribution in [1.29, 1.82) is 0 Å². The number of nitrogens with zero attached hydrogens (tertiary/aromatic N) is 4. The zero-order chi connectivity index (χ0) is 28.6. The van der Waals surface area contributed by atoms with Gasteiger partial charge in [0.2, 0.25) is 0 Å². The van der Waals surface area contributed by atoms with Gasteiger partial charge in [0.05, 0.1) is 10.6 Å². The number of benzene rings is 2. The van der Waals surface area contributed by atoms with E-state index in [4.69, 9.17) is 21.3 Å². The molecule has 0 saturated carbocycles. The average Bonchev–Trinajstić information content (AvgIpc) is 3.63. The molecule has 6 nitrogen and oxygen atoms in total. The summed E-state index contributed by atoms with van der Waals surface area (Å²) in [4.78, 5) is 13.9. The molecule has 2 bridgehead atoms.